The van der Waals surface area contributed by atoms with E-state index in [4.69, 9.17) is 5.73 Å². The SMILES string of the molecule is Cc1ccc(C(C)NC(=O)C2CCCC2N)cc1F.Cl. The van der Waals surface area contributed by atoms with Crippen LogP contribution in [0.25, 0.3) is 0 Å². The van der Waals surface area contributed by atoms with Gasteiger partial charge in [0.05, 0.1) is 12.0 Å². The van der Waals surface area contributed by atoms with Crippen LogP contribution in [0.4, 0.5) is 4.39 Å². The lowest BCUT2D eigenvalue weighted by molar-refractivity contribution is -0.125. The van der Waals surface area contributed by atoms with Crippen LogP contribution in [0, 0.1) is 18.7 Å². The summed E-state index contributed by atoms with van der Waals surface area (Å²) in [4.78, 5) is 12.1. The van der Waals surface area contributed by atoms with Crippen LogP contribution in [0.5, 0.6) is 0 Å². The van der Waals surface area contributed by atoms with Crippen molar-refractivity contribution >= 4 is 18.3 Å². The van der Waals surface area contributed by atoms with Crippen LogP contribution < -0.4 is 11.1 Å². The van der Waals surface area contributed by atoms with Gasteiger partial charge in [0.15, 0.2) is 0 Å². The van der Waals surface area contributed by atoms with Crippen molar-refractivity contribution in [2.24, 2.45) is 11.7 Å². The molecule has 1 aliphatic carbocycles. The summed E-state index contributed by atoms with van der Waals surface area (Å²) < 4.78 is 13.5. The lowest BCUT2D eigenvalue weighted by atomic mass is 10.0. The molecule has 3 nitrogen and oxygen atoms in total. The topological polar surface area (TPSA) is 55.1 Å². The first-order valence-corrected chi connectivity index (χ1v) is 6.81. The fraction of sp³-hybridized carbons (Fsp3) is 0.533. The zero-order valence-electron chi connectivity index (χ0n) is 11.9. The average molecular weight is 301 g/mol. The molecule has 1 amide bonds. The Balaban J connectivity index is 0.00000200. The fourth-order valence-corrected chi connectivity index (χ4v) is 2.60. The van der Waals surface area contributed by atoms with Gasteiger partial charge in [-0.25, -0.2) is 4.39 Å². The minimum Gasteiger partial charge on any atom is -0.349 e. The van der Waals surface area contributed by atoms with Gasteiger partial charge in [-0.1, -0.05) is 18.6 Å². The van der Waals surface area contributed by atoms with Crippen molar-refractivity contribution in [2.75, 3.05) is 0 Å². The minimum atomic E-state index is -0.240. The maximum Gasteiger partial charge on any atom is 0.225 e. The van der Waals surface area contributed by atoms with Crippen molar-refractivity contribution in [2.45, 2.75) is 45.2 Å². The Kier molecular flexibility index (Phi) is 5.96. The van der Waals surface area contributed by atoms with Crippen molar-refractivity contribution in [3.8, 4) is 0 Å². The zero-order valence-corrected chi connectivity index (χ0v) is 12.7. The quantitative estimate of drug-likeness (QED) is 0.902. The van der Waals surface area contributed by atoms with E-state index in [-0.39, 0.29) is 42.1 Å². The van der Waals surface area contributed by atoms with Gasteiger partial charge in [0, 0.05) is 6.04 Å². The third-order valence-corrected chi connectivity index (χ3v) is 3.96. The number of nitrogens with one attached hydrogen (secondary N) is 1. The summed E-state index contributed by atoms with van der Waals surface area (Å²) in [5.74, 6) is -0.354. The van der Waals surface area contributed by atoms with Gasteiger partial charge in [-0.15, -0.1) is 12.4 Å². The first-order chi connectivity index (χ1) is 8.99. The van der Waals surface area contributed by atoms with Crippen LogP contribution in [-0.2, 0) is 4.79 Å². The molecule has 5 heteroatoms. The Labute approximate surface area is 125 Å². The highest BCUT2D eigenvalue weighted by Gasteiger charge is 2.30. The third-order valence-electron chi connectivity index (χ3n) is 3.96. The van der Waals surface area contributed by atoms with Crippen LogP contribution in [-0.4, -0.2) is 11.9 Å². The number of hydrogen-bond acceptors (Lipinski definition) is 2. The van der Waals surface area contributed by atoms with Gasteiger partial charge in [-0.3, -0.25) is 4.79 Å². The fourth-order valence-electron chi connectivity index (χ4n) is 2.60. The highest BCUT2D eigenvalue weighted by atomic mass is 35.5. The summed E-state index contributed by atoms with van der Waals surface area (Å²) >= 11 is 0. The van der Waals surface area contributed by atoms with Gasteiger partial charge in [0.1, 0.15) is 5.82 Å². The van der Waals surface area contributed by atoms with Gasteiger partial charge < -0.3 is 11.1 Å². The van der Waals surface area contributed by atoms with Crippen molar-refractivity contribution in [3.63, 3.8) is 0 Å². The standard InChI is InChI=1S/C15H21FN2O.ClH/c1-9-6-7-11(8-13(9)16)10(2)18-15(19)12-4-3-5-14(12)17;/h6-8,10,12,14H,3-5,17H2,1-2H3,(H,18,19);1H. The molecule has 0 heterocycles. The van der Waals surface area contributed by atoms with E-state index in [1.165, 1.54) is 6.07 Å². The smallest absolute Gasteiger partial charge is 0.225 e. The normalized spacial score (nSPS) is 23.0. The number of amides is 1. The van der Waals surface area contributed by atoms with Crippen molar-refractivity contribution < 1.29 is 9.18 Å². The zero-order chi connectivity index (χ0) is 14.0. The molecule has 1 aromatic rings. The largest absolute Gasteiger partial charge is 0.349 e. The molecule has 1 aliphatic rings. The number of carbonyl (C=O) groups is 1. The van der Waals surface area contributed by atoms with E-state index in [0.717, 1.165) is 24.8 Å². The second-order valence-electron chi connectivity index (χ2n) is 5.44. The lowest BCUT2D eigenvalue weighted by Gasteiger charge is -2.20. The Bertz CT molecular complexity index is 481. The van der Waals surface area contributed by atoms with Crippen LogP contribution >= 0.6 is 12.4 Å². The number of hydrogen-bond donors (Lipinski definition) is 2. The van der Waals surface area contributed by atoms with E-state index in [1.54, 1.807) is 13.0 Å². The van der Waals surface area contributed by atoms with E-state index < -0.39 is 0 Å². The summed E-state index contributed by atoms with van der Waals surface area (Å²) in [7, 11) is 0. The molecule has 112 valence electrons. The maximum absolute atomic E-state index is 13.5. The summed E-state index contributed by atoms with van der Waals surface area (Å²) in [6.45, 7) is 3.59. The summed E-state index contributed by atoms with van der Waals surface area (Å²) in [5, 5.41) is 2.93. The Hall–Kier alpha value is -1.13. The first kappa shape index (κ1) is 16.9. The molecule has 3 atom stereocenters. The van der Waals surface area contributed by atoms with E-state index in [9.17, 15) is 9.18 Å². The Morgan fingerprint density at radius 1 is 1.45 bits per heavy atom. The lowest BCUT2D eigenvalue weighted by Crippen LogP contribution is -2.39. The number of rotatable bonds is 3. The van der Waals surface area contributed by atoms with Crippen LogP contribution in [0.15, 0.2) is 18.2 Å². The molecule has 0 saturated heterocycles. The second-order valence-corrected chi connectivity index (χ2v) is 5.44. The van der Waals surface area contributed by atoms with E-state index in [0.29, 0.717) is 5.56 Å². The van der Waals surface area contributed by atoms with E-state index >= 15 is 0 Å². The molecule has 1 fully saturated rings. The number of benzene rings is 1. The molecule has 1 aromatic carbocycles. The van der Waals surface area contributed by atoms with Crippen molar-refractivity contribution in [1.82, 2.24) is 5.32 Å². The molecule has 2 rings (SSSR count). The maximum atomic E-state index is 13.5. The highest BCUT2D eigenvalue weighted by Crippen LogP contribution is 2.25. The number of nitrogens with two attached hydrogens (primary N) is 1. The summed E-state index contributed by atoms with van der Waals surface area (Å²) in [6.07, 6.45) is 2.76. The van der Waals surface area contributed by atoms with Crippen LogP contribution in [0.1, 0.15) is 43.4 Å². The Morgan fingerprint density at radius 2 is 2.15 bits per heavy atom. The molecule has 0 aromatic heterocycles. The monoisotopic (exact) mass is 300 g/mol. The molecule has 20 heavy (non-hydrogen) atoms. The van der Waals surface area contributed by atoms with Crippen LogP contribution in [0.3, 0.4) is 0 Å². The third kappa shape index (κ3) is 3.70. The van der Waals surface area contributed by atoms with E-state index in [1.807, 2.05) is 13.0 Å². The summed E-state index contributed by atoms with van der Waals surface area (Å²) in [6, 6.07) is 4.82. The number of aryl methyl sites for hydroxylation is 1. The molecular formula is C15H22ClFN2O. The highest BCUT2D eigenvalue weighted by molar-refractivity contribution is 5.85. The van der Waals surface area contributed by atoms with Crippen molar-refractivity contribution in [1.29, 1.82) is 0 Å². The molecule has 3 N–H and O–H groups in total. The summed E-state index contributed by atoms with van der Waals surface area (Å²) in [5.41, 5.74) is 7.31. The molecule has 0 spiro atoms. The number of halogens is 2. The predicted molar refractivity (Wildman–Crippen MR) is 80.3 cm³/mol. The van der Waals surface area contributed by atoms with Gasteiger partial charge in [0.2, 0.25) is 5.91 Å². The van der Waals surface area contributed by atoms with Gasteiger partial charge in [-0.05, 0) is 43.9 Å². The molecular weight excluding hydrogens is 279 g/mol. The van der Waals surface area contributed by atoms with Gasteiger partial charge in [-0.2, -0.15) is 0 Å². The first-order valence-electron chi connectivity index (χ1n) is 6.81. The predicted octanol–water partition coefficient (Wildman–Crippen LogP) is 2.86. The molecule has 0 radical (unpaired) electrons. The second kappa shape index (κ2) is 7.04. The van der Waals surface area contributed by atoms with Gasteiger partial charge >= 0.3 is 0 Å². The van der Waals surface area contributed by atoms with Gasteiger partial charge in [0.25, 0.3) is 0 Å². The number of carbonyl (C=O) groups excluding carboxylic acids is 1. The average Bonchev–Trinajstić information content (AvgIpc) is 2.79. The molecule has 0 aliphatic heterocycles. The molecule has 1 saturated carbocycles. The Morgan fingerprint density at radius 3 is 2.70 bits per heavy atom. The molecule has 3 unspecified atom stereocenters. The van der Waals surface area contributed by atoms with Crippen molar-refractivity contribution in [3.05, 3.63) is 35.1 Å². The van der Waals surface area contributed by atoms with E-state index in [2.05, 4.69) is 5.32 Å². The molecule has 0 bridgehead atoms. The van der Waals surface area contributed by atoms with Crippen LogP contribution in [0.2, 0.25) is 0 Å². The minimum absolute atomic E-state index is 0.